The monoisotopic (exact) mass is 262 g/mol. The van der Waals surface area contributed by atoms with E-state index in [0.29, 0.717) is 19.1 Å². The van der Waals surface area contributed by atoms with Gasteiger partial charge in [-0.15, -0.1) is 0 Å². The van der Waals surface area contributed by atoms with Crippen LogP contribution in [0.3, 0.4) is 0 Å². The molecule has 0 saturated heterocycles. The average Bonchev–Trinajstić information content (AvgIpc) is 3.26. The van der Waals surface area contributed by atoms with Crippen molar-refractivity contribution in [1.82, 2.24) is 10.6 Å². The Bertz CT molecular complexity index is 442. The maximum Gasteiger partial charge on any atom is 0.234 e. The Hall–Kier alpha value is -1.55. The molecule has 1 aromatic carbocycles. The van der Waals surface area contributed by atoms with E-state index in [1.54, 1.807) is 7.11 Å². The number of carbonyl (C=O) groups excluding carboxylic acids is 1. The number of amides is 1. The van der Waals surface area contributed by atoms with Crippen LogP contribution in [-0.2, 0) is 17.8 Å². The largest absolute Gasteiger partial charge is 0.496 e. The van der Waals surface area contributed by atoms with Crippen molar-refractivity contribution < 1.29 is 9.53 Å². The summed E-state index contributed by atoms with van der Waals surface area (Å²) in [6.07, 6.45) is 3.32. The van der Waals surface area contributed by atoms with Gasteiger partial charge in [0.05, 0.1) is 13.7 Å². The van der Waals surface area contributed by atoms with Crippen molar-refractivity contribution in [3.63, 3.8) is 0 Å². The summed E-state index contributed by atoms with van der Waals surface area (Å²) >= 11 is 0. The third kappa shape index (κ3) is 4.24. The lowest BCUT2D eigenvalue weighted by atomic mass is 10.1. The Morgan fingerprint density at radius 2 is 2.21 bits per heavy atom. The standard InChI is InChI=1S/C15H22N2O2/c1-3-12-8-11(4-7-14(12)19-2)9-17-15(18)10-16-13-5-6-13/h4,7-8,13,16H,3,5-6,9-10H2,1-2H3,(H,17,18). The first-order valence-electron chi connectivity index (χ1n) is 6.88. The number of ether oxygens (including phenoxy) is 1. The van der Waals surface area contributed by atoms with Gasteiger partial charge >= 0.3 is 0 Å². The van der Waals surface area contributed by atoms with Gasteiger partial charge in [0.15, 0.2) is 0 Å². The molecule has 0 atom stereocenters. The molecule has 0 unspecified atom stereocenters. The van der Waals surface area contributed by atoms with Gasteiger partial charge in [-0.1, -0.05) is 19.1 Å². The number of nitrogens with one attached hydrogen (secondary N) is 2. The van der Waals surface area contributed by atoms with Crippen molar-refractivity contribution in [2.24, 2.45) is 0 Å². The first-order valence-corrected chi connectivity index (χ1v) is 6.88. The van der Waals surface area contributed by atoms with Crippen LogP contribution in [0.1, 0.15) is 30.9 Å². The van der Waals surface area contributed by atoms with Gasteiger partial charge in [-0.05, 0) is 36.5 Å². The SMILES string of the molecule is CCc1cc(CNC(=O)CNC2CC2)ccc1OC. The zero-order valence-electron chi connectivity index (χ0n) is 11.7. The quantitative estimate of drug-likeness (QED) is 0.785. The van der Waals surface area contributed by atoms with Gasteiger partial charge in [-0.2, -0.15) is 0 Å². The molecule has 0 radical (unpaired) electrons. The molecule has 0 aliphatic heterocycles. The Labute approximate surface area is 114 Å². The lowest BCUT2D eigenvalue weighted by Crippen LogP contribution is -2.34. The summed E-state index contributed by atoms with van der Waals surface area (Å²) < 4.78 is 5.29. The molecule has 104 valence electrons. The molecule has 0 heterocycles. The molecule has 1 saturated carbocycles. The third-order valence-corrected chi connectivity index (χ3v) is 3.34. The second-order valence-corrected chi connectivity index (χ2v) is 4.93. The summed E-state index contributed by atoms with van der Waals surface area (Å²) in [5, 5.41) is 6.13. The highest BCUT2D eigenvalue weighted by atomic mass is 16.5. The normalized spacial score (nSPS) is 14.2. The summed E-state index contributed by atoms with van der Waals surface area (Å²) in [6, 6.07) is 6.61. The minimum atomic E-state index is 0.0563. The van der Waals surface area contributed by atoms with Crippen LogP contribution in [0, 0.1) is 0 Å². The molecule has 4 nitrogen and oxygen atoms in total. The van der Waals surface area contributed by atoms with Crippen LogP contribution in [-0.4, -0.2) is 25.6 Å². The number of carbonyl (C=O) groups is 1. The number of rotatable bonds is 7. The summed E-state index contributed by atoms with van der Waals surface area (Å²) in [5.41, 5.74) is 2.28. The molecule has 0 spiro atoms. The second kappa shape index (κ2) is 6.57. The van der Waals surface area contributed by atoms with Crippen LogP contribution in [0.4, 0.5) is 0 Å². The van der Waals surface area contributed by atoms with Gasteiger partial charge in [-0.3, -0.25) is 4.79 Å². The molecule has 19 heavy (non-hydrogen) atoms. The van der Waals surface area contributed by atoms with E-state index in [2.05, 4.69) is 23.6 Å². The van der Waals surface area contributed by atoms with Crippen molar-refractivity contribution in [3.8, 4) is 5.75 Å². The predicted octanol–water partition coefficient (Wildman–Crippen LogP) is 1.63. The fraction of sp³-hybridized carbons (Fsp3) is 0.533. The number of hydrogen-bond acceptors (Lipinski definition) is 3. The van der Waals surface area contributed by atoms with Crippen molar-refractivity contribution >= 4 is 5.91 Å². The Morgan fingerprint density at radius 3 is 2.84 bits per heavy atom. The van der Waals surface area contributed by atoms with Gasteiger partial charge in [0.2, 0.25) is 5.91 Å². The fourth-order valence-electron chi connectivity index (χ4n) is 2.01. The molecule has 1 fully saturated rings. The van der Waals surface area contributed by atoms with E-state index < -0.39 is 0 Å². The van der Waals surface area contributed by atoms with E-state index in [-0.39, 0.29) is 5.91 Å². The summed E-state index contributed by atoms with van der Waals surface area (Å²) in [7, 11) is 1.68. The van der Waals surface area contributed by atoms with Crippen LogP contribution < -0.4 is 15.4 Å². The van der Waals surface area contributed by atoms with E-state index >= 15 is 0 Å². The molecular formula is C15H22N2O2. The van der Waals surface area contributed by atoms with Crippen LogP contribution in [0.2, 0.25) is 0 Å². The molecule has 1 amide bonds. The summed E-state index contributed by atoms with van der Waals surface area (Å²) in [4.78, 5) is 11.6. The Morgan fingerprint density at radius 1 is 1.42 bits per heavy atom. The number of hydrogen-bond donors (Lipinski definition) is 2. The predicted molar refractivity (Wildman–Crippen MR) is 75.2 cm³/mol. The third-order valence-electron chi connectivity index (χ3n) is 3.34. The van der Waals surface area contributed by atoms with Crippen molar-refractivity contribution in [1.29, 1.82) is 0 Å². The topological polar surface area (TPSA) is 50.4 Å². The van der Waals surface area contributed by atoms with Gasteiger partial charge in [0.1, 0.15) is 5.75 Å². The molecule has 1 aromatic rings. The highest BCUT2D eigenvalue weighted by Crippen LogP contribution is 2.20. The Kier molecular flexibility index (Phi) is 4.80. The lowest BCUT2D eigenvalue weighted by Gasteiger charge is -2.10. The van der Waals surface area contributed by atoms with Gasteiger partial charge in [0, 0.05) is 12.6 Å². The molecule has 0 aromatic heterocycles. The number of aryl methyl sites for hydroxylation is 1. The molecule has 1 aliphatic rings. The van der Waals surface area contributed by atoms with Crippen molar-refractivity contribution in [2.45, 2.75) is 38.8 Å². The van der Waals surface area contributed by atoms with Gasteiger partial charge < -0.3 is 15.4 Å². The summed E-state index contributed by atoms with van der Waals surface area (Å²) in [6.45, 7) is 3.09. The van der Waals surface area contributed by atoms with E-state index in [1.165, 1.54) is 18.4 Å². The minimum Gasteiger partial charge on any atom is -0.496 e. The minimum absolute atomic E-state index is 0.0563. The zero-order valence-corrected chi connectivity index (χ0v) is 11.7. The first kappa shape index (κ1) is 13.9. The zero-order chi connectivity index (χ0) is 13.7. The lowest BCUT2D eigenvalue weighted by molar-refractivity contribution is -0.120. The van der Waals surface area contributed by atoms with Crippen LogP contribution in [0.5, 0.6) is 5.75 Å². The Balaban J connectivity index is 1.82. The molecular weight excluding hydrogens is 240 g/mol. The van der Waals surface area contributed by atoms with Crippen molar-refractivity contribution in [2.75, 3.05) is 13.7 Å². The van der Waals surface area contributed by atoms with Crippen LogP contribution in [0.25, 0.3) is 0 Å². The molecule has 0 bridgehead atoms. The first-order chi connectivity index (χ1) is 9.22. The van der Waals surface area contributed by atoms with E-state index in [1.807, 2.05) is 12.1 Å². The van der Waals surface area contributed by atoms with Crippen molar-refractivity contribution in [3.05, 3.63) is 29.3 Å². The number of benzene rings is 1. The molecule has 1 aliphatic carbocycles. The summed E-state index contributed by atoms with van der Waals surface area (Å²) in [5.74, 6) is 0.966. The van der Waals surface area contributed by atoms with E-state index in [4.69, 9.17) is 4.74 Å². The van der Waals surface area contributed by atoms with Gasteiger partial charge in [-0.25, -0.2) is 0 Å². The van der Waals surface area contributed by atoms with E-state index in [0.717, 1.165) is 17.7 Å². The van der Waals surface area contributed by atoms with Gasteiger partial charge in [0.25, 0.3) is 0 Å². The molecule has 2 rings (SSSR count). The fourth-order valence-corrected chi connectivity index (χ4v) is 2.01. The number of methoxy groups -OCH3 is 1. The maximum absolute atomic E-state index is 11.6. The highest BCUT2D eigenvalue weighted by molar-refractivity contribution is 5.78. The highest BCUT2D eigenvalue weighted by Gasteiger charge is 2.20. The van der Waals surface area contributed by atoms with E-state index in [9.17, 15) is 4.79 Å². The smallest absolute Gasteiger partial charge is 0.234 e. The maximum atomic E-state index is 11.6. The second-order valence-electron chi connectivity index (χ2n) is 4.93. The van der Waals surface area contributed by atoms with Crippen LogP contribution in [0.15, 0.2) is 18.2 Å². The molecule has 2 N–H and O–H groups in total. The van der Waals surface area contributed by atoms with Crippen LogP contribution >= 0.6 is 0 Å². The molecule has 4 heteroatoms. The average molecular weight is 262 g/mol.